The third kappa shape index (κ3) is 4.58. The molecule has 1 N–H and O–H groups in total. The second kappa shape index (κ2) is 8.27. The maximum absolute atomic E-state index is 13.0. The van der Waals surface area contributed by atoms with Crippen LogP contribution in [0.3, 0.4) is 0 Å². The smallest absolute Gasteiger partial charge is 0.305 e. The lowest BCUT2D eigenvalue weighted by atomic mass is 10.1. The molecule has 2 fully saturated rings. The minimum Gasteiger partial charge on any atom is -0.481 e. The number of aliphatic carboxylic acids is 1. The van der Waals surface area contributed by atoms with E-state index in [1.54, 1.807) is 4.90 Å². The zero-order valence-electron chi connectivity index (χ0n) is 14.7. The van der Waals surface area contributed by atoms with Crippen LogP contribution in [-0.2, 0) is 9.53 Å². The number of hydrogen-bond acceptors (Lipinski definition) is 5. The molecule has 0 radical (unpaired) electrons. The zero-order chi connectivity index (χ0) is 17.8. The number of thiazole rings is 1. The van der Waals surface area contributed by atoms with Gasteiger partial charge in [-0.2, -0.15) is 0 Å². The number of carbonyl (C=O) groups is 2. The number of ether oxygens (including phenoxy) is 1. The van der Waals surface area contributed by atoms with Crippen molar-refractivity contribution in [3.8, 4) is 0 Å². The van der Waals surface area contributed by atoms with Crippen LogP contribution in [0.5, 0.6) is 0 Å². The molecule has 1 atom stereocenters. The van der Waals surface area contributed by atoms with Crippen molar-refractivity contribution >= 4 is 23.2 Å². The Labute approximate surface area is 152 Å². The summed E-state index contributed by atoms with van der Waals surface area (Å²) in [5, 5.41) is 10.1. The number of aromatic nitrogens is 1. The van der Waals surface area contributed by atoms with E-state index in [2.05, 4.69) is 4.98 Å². The molecular weight excluding hydrogens is 340 g/mol. The molecule has 1 aromatic heterocycles. The quantitative estimate of drug-likeness (QED) is 0.801. The molecule has 0 aromatic carbocycles. The van der Waals surface area contributed by atoms with Gasteiger partial charge in [0.1, 0.15) is 4.88 Å². The van der Waals surface area contributed by atoms with Crippen LogP contribution < -0.4 is 0 Å². The minimum atomic E-state index is -0.891. The SMILES string of the molecule is Cc1nc(C2CCCC2)sc1C(=O)N(CCC(=O)O)C[C@H]1CCCO1. The van der Waals surface area contributed by atoms with Crippen LogP contribution in [-0.4, -0.2) is 52.7 Å². The largest absolute Gasteiger partial charge is 0.481 e. The van der Waals surface area contributed by atoms with Crippen molar-refractivity contribution in [3.63, 3.8) is 0 Å². The van der Waals surface area contributed by atoms with Crippen molar-refractivity contribution in [3.05, 3.63) is 15.6 Å². The fraction of sp³-hybridized carbons (Fsp3) is 0.722. The number of carbonyl (C=O) groups excluding carboxylic acids is 1. The standard InChI is InChI=1S/C18H26N2O4S/c1-12-16(25-17(19-12)13-5-2-3-6-13)18(23)20(9-8-15(21)22)11-14-7-4-10-24-14/h13-14H,2-11H2,1H3,(H,21,22)/t14-/m1/s1. The average Bonchev–Trinajstić information content (AvgIpc) is 3.31. The first kappa shape index (κ1) is 18.3. The molecule has 0 spiro atoms. The van der Waals surface area contributed by atoms with Gasteiger partial charge in [0.2, 0.25) is 0 Å². The predicted molar refractivity (Wildman–Crippen MR) is 95.2 cm³/mol. The Morgan fingerprint density at radius 3 is 2.68 bits per heavy atom. The van der Waals surface area contributed by atoms with Gasteiger partial charge in [0.15, 0.2) is 0 Å². The number of hydrogen-bond donors (Lipinski definition) is 1. The molecule has 25 heavy (non-hydrogen) atoms. The van der Waals surface area contributed by atoms with E-state index in [0.717, 1.165) is 43.0 Å². The monoisotopic (exact) mass is 366 g/mol. The molecule has 1 saturated heterocycles. The van der Waals surface area contributed by atoms with Gasteiger partial charge in [-0.05, 0) is 32.6 Å². The number of nitrogens with zero attached hydrogens (tertiary/aromatic N) is 2. The van der Waals surface area contributed by atoms with E-state index >= 15 is 0 Å². The fourth-order valence-electron chi connectivity index (χ4n) is 3.65. The van der Waals surface area contributed by atoms with Gasteiger partial charge >= 0.3 is 5.97 Å². The molecule has 1 amide bonds. The molecule has 2 aliphatic rings. The van der Waals surface area contributed by atoms with Crippen LogP contribution in [0.2, 0.25) is 0 Å². The van der Waals surface area contributed by atoms with Gasteiger partial charge < -0.3 is 14.7 Å². The van der Waals surface area contributed by atoms with E-state index < -0.39 is 5.97 Å². The molecular formula is C18H26N2O4S. The molecule has 0 unspecified atom stereocenters. The Morgan fingerprint density at radius 2 is 2.04 bits per heavy atom. The summed E-state index contributed by atoms with van der Waals surface area (Å²) in [5.41, 5.74) is 0.768. The van der Waals surface area contributed by atoms with E-state index in [1.807, 2.05) is 6.92 Å². The number of amides is 1. The average molecular weight is 366 g/mol. The molecule has 7 heteroatoms. The van der Waals surface area contributed by atoms with Gasteiger partial charge in [-0.25, -0.2) is 4.98 Å². The summed E-state index contributed by atoms with van der Waals surface area (Å²) < 4.78 is 5.64. The summed E-state index contributed by atoms with van der Waals surface area (Å²) in [6.07, 6.45) is 6.65. The minimum absolute atomic E-state index is 0.0141. The van der Waals surface area contributed by atoms with E-state index in [0.29, 0.717) is 17.3 Å². The lowest BCUT2D eigenvalue weighted by molar-refractivity contribution is -0.137. The molecule has 3 rings (SSSR count). The summed E-state index contributed by atoms with van der Waals surface area (Å²) in [4.78, 5) is 31.0. The van der Waals surface area contributed by atoms with Crippen LogP contribution >= 0.6 is 11.3 Å². The fourth-order valence-corrected chi connectivity index (χ4v) is 4.85. The Balaban J connectivity index is 1.74. The number of carboxylic acids is 1. The van der Waals surface area contributed by atoms with E-state index in [4.69, 9.17) is 9.84 Å². The molecule has 6 nitrogen and oxygen atoms in total. The number of rotatable bonds is 7. The topological polar surface area (TPSA) is 79.7 Å². The summed E-state index contributed by atoms with van der Waals surface area (Å²) >= 11 is 1.49. The lowest BCUT2D eigenvalue weighted by Gasteiger charge is -2.24. The Bertz CT molecular complexity index is 619. The normalized spacial score (nSPS) is 20.9. The predicted octanol–water partition coefficient (Wildman–Crippen LogP) is 3.21. The maximum Gasteiger partial charge on any atom is 0.305 e. The molecule has 1 aliphatic heterocycles. The molecule has 1 aromatic rings. The van der Waals surface area contributed by atoms with Crippen molar-refractivity contribution in [2.24, 2.45) is 0 Å². The molecule has 138 valence electrons. The van der Waals surface area contributed by atoms with E-state index in [1.165, 1.54) is 24.2 Å². The second-order valence-electron chi connectivity index (χ2n) is 6.98. The maximum atomic E-state index is 13.0. The highest BCUT2D eigenvalue weighted by molar-refractivity contribution is 7.13. The molecule has 1 saturated carbocycles. The summed E-state index contributed by atoms with van der Waals surface area (Å²) in [6.45, 7) is 3.27. The van der Waals surface area contributed by atoms with E-state index in [-0.39, 0.29) is 25.0 Å². The highest BCUT2D eigenvalue weighted by atomic mass is 32.1. The summed E-state index contributed by atoms with van der Waals surface area (Å²) in [5.74, 6) is -0.510. The lowest BCUT2D eigenvalue weighted by Crippen LogP contribution is -2.38. The van der Waals surface area contributed by atoms with Crippen molar-refractivity contribution < 1.29 is 19.4 Å². The van der Waals surface area contributed by atoms with Gasteiger partial charge in [-0.1, -0.05) is 12.8 Å². The van der Waals surface area contributed by atoms with Crippen molar-refractivity contribution in [2.45, 2.75) is 63.9 Å². The van der Waals surface area contributed by atoms with Crippen LogP contribution in [0, 0.1) is 6.92 Å². The number of carboxylic acid groups (broad SMARTS) is 1. The van der Waals surface area contributed by atoms with Crippen molar-refractivity contribution in [2.75, 3.05) is 19.7 Å². The first-order chi connectivity index (χ1) is 12.0. The van der Waals surface area contributed by atoms with Crippen LogP contribution in [0.15, 0.2) is 0 Å². The Morgan fingerprint density at radius 1 is 1.28 bits per heavy atom. The van der Waals surface area contributed by atoms with Crippen molar-refractivity contribution in [1.82, 2.24) is 9.88 Å². The van der Waals surface area contributed by atoms with Gasteiger partial charge in [-0.3, -0.25) is 9.59 Å². The van der Waals surface area contributed by atoms with Crippen LogP contribution in [0.4, 0.5) is 0 Å². The Hall–Kier alpha value is -1.47. The first-order valence-electron chi connectivity index (χ1n) is 9.14. The van der Waals surface area contributed by atoms with Gasteiger partial charge in [0.25, 0.3) is 5.91 Å². The van der Waals surface area contributed by atoms with Gasteiger partial charge in [0, 0.05) is 25.6 Å². The first-order valence-corrected chi connectivity index (χ1v) is 9.96. The second-order valence-corrected chi connectivity index (χ2v) is 8.01. The highest BCUT2D eigenvalue weighted by Crippen LogP contribution is 2.37. The summed E-state index contributed by atoms with van der Waals surface area (Å²) in [7, 11) is 0. The highest BCUT2D eigenvalue weighted by Gasteiger charge is 2.28. The zero-order valence-corrected chi connectivity index (χ0v) is 15.5. The molecule has 1 aliphatic carbocycles. The molecule has 0 bridgehead atoms. The Kier molecular flexibility index (Phi) is 6.06. The third-order valence-electron chi connectivity index (χ3n) is 5.04. The van der Waals surface area contributed by atoms with Gasteiger partial charge in [0.05, 0.1) is 23.2 Å². The third-order valence-corrected chi connectivity index (χ3v) is 6.35. The molecule has 2 heterocycles. The van der Waals surface area contributed by atoms with E-state index in [9.17, 15) is 9.59 Å². The summed E-state index contributed by atoms with van der Waals surface area (Å²) in [6, 6.07) is 0. The van der Waals surface area contributed by atoms with Gasteiger partial charge in [-0.15, -0.1) is 11.3 Å². The van der Waals surface area contributed by atoms with Crippen LogP contribution in [0.1, 0.15) is 71.2 Å². The number of aryl methyl sites for hydroxylation is 1. The van der Waals surface area contributed by atoms with Crippen molar-refractivity contribution in [1.29, 1.82) is 0 Å². The van der Waals surface area contributed by atoms with Crippen LogP contribution in [0.25, 0.3) is 0 Å².